The van der Waals surface area contributed by atoms with Crippen molar-refractivity contribution in [1.29, 1.82) is 0 Å². The van der Waals surface area contributed by atoms with Gasteiger partial charge >= 0.3 is 0 Å². The first-order valence-electron chi connectivity index (χ1n) is 5.15. The van der Waals surface area contributed by atoms with E-state index in [-0.39, 0.29) is 0 Å². The molecule has 18 heavy (non-hydrogen) atoms. The van der Waals surface area contributed by atoms with Gasteiger partial charge in [0.2, 0.25) is 0 Å². The van der Waals surface area contributed by atoms with Crippen LogP contribution in [0.1, 0.15) is 11.4 Å². The molecule has 7 heteroatoms. The topological polar surface area (TPSA) is 51.6 Å². The Hall–Kier alpha value is -0.850. The molecule has 0 bridgehead atoms. The molecule has 2 aromatic heterocycles. The summed E-state index contributed by atoms with van der Waals surface area (Å²) in [7, 11) is 0. The molecule has 2 aromatic rings. The van der Waals surface area contributed by atoms with Gasteiger partial charge in [-0.25, -0.2) is 19.9 Å². The molecule has 0 aromatic carbocycles. The molecule has 0 N–H and O–H groups in total. The van der Waals surface area contributed by atoms with Crippen molar-refractivity contribution >= 4 is 35.1 Å². The number of thioether (sulfide) groups is 1. The SMILES string of the molecule is CSc1nc(Cl)cc(Sc2nc(C)cc(C)n2)n1. The van der Waals surface area contributed by atoms with Crippen LogP contribution in [0.25, 0.3) is 0 Å². The minimum atomic E-state index is 0.432. The molecular weight excluding hydrogens is 288 g/mol. The van der Waals surface area contributed by atoms with Gasteiger partial charge in [0, 0.05) is 17.5 Å². The van der Waals surface area contributed by atoms with Crippen LogP contribution in [0.4, 0.5) is 0 Å². The summed E-state index contributed by atoms with van der Waals surface area (Å²) in [5.41, 5.74) is 1.88. The zero-order valence-corrected chi connectivity index (χ0v) is 12.5. The van der Waals surface area contributed by atoms with Gasteiger partial charge in [0.25, 0.3) is 0 Å². The lowest BCUT2D eigenvalue weighted by Gasteiger charge is -2.04. The molecule has 4 nitrogen and oxygen atoms in total. The van der Waals surface area contributed by atoms with Crippen LogP contribution in [0.5, 0.6) is 0 Å². The Morgan fingerprint density at radius 2 is 1.61 bits per heavy atom. The number of nitrogens with zero attached hydrogens (tertiary/aromatic N) is 4. The van der Waals surface area contributed by atoms with E-state index in [0.717, 1.165) is 16.4 Å². The highest BCUT2D eigenvalue weighted by Gasteiger charge is 2.07. The van der Waals surface area contributed by atoms with Crippen molar-refractivity contribution in [3.63, 3.8) is 0 Å². The van der Waals surface area contributed by atoms with E-state index in [2.05, 4.69) is 19.9 Å². The fraction of sp³-hybridized carbons (Fsp3) is 0.273. The zero-order valence-electron chi connectivity index (χ0n) is 10.1. The maximum atomic E-state index is 5.94. The predicted molar refractivity (Wildman–Crippen MR) is 74.5 cm³/mol. The maximum Gasteiger partial charge on any atom is 0.194 e. The number of aromatic nitrogens is 4. The molecule has 2 heterocycles. The van der Waals surface area contributed by atoms with Gasteiger partial charge in [0.15, 0.2) is 10.3 Å². The number of halogens is 1. The second-order valence-corrected chi connectivity index (χ2v) is 5.70. The molecular formula is C11H11ClN4S2. The van der Waals surface area contributed by atoms with Crippen molar-refractivity contribution in [2.75, 3.05) is 6.26 Å². The van der Waals surface area contributed by atoms with Crippen LogP contribution >= 0.6 is 35.1 Å². The Balaban J connectivity index is 2.30. The first kappa shape index (κ1) is 13.6. The molecule has 0 amide bonds. The quantitative estimate of drug-likeness (QED) is 0.492. The van der Waals surface area contributed by atoms with E-state index >= 15 is 0 Å². The first-order chi connectivity index (χ1) is 8.56. The lowest BCUT2D eigenvalue weighted by Crippen LogP contribution is -1.94. The molecule has 0 aliphatic rings. The lowest BCUT2D eigenvalue weighted by molar-refractivity contribution is 0.872. The van der Waals surface area contributed by atoms with Gasteiger partial charge in [0.1, 0.15) is 10.2 Å². The van der Waals surface area contributed by atoms with Gasteiger partial charge in [-0.1, -0.05) is 23.4 Å². The van der Waals surface area contributed by atoms with E-state index in [1.807, 2.05) is 26.2 Å². The third-order valence-electron chi connectivity index (χ3n) is 1.99. The van der Waals surface area contributed by atoms with Gasteiger partial charge in [-0.15, -0.1) is 0 Å². The van der Waals surface area contributed by atoms with Crippen molar-refractivity contribution in [3.05, 3.63) is 28.7 Å². The highest BCUT2D eigenvalue weighted by Crippen LogP contribution is 2.26. The Bertz CT molecular complexity index is 557. The number of aryl methyl sites for hydroxylation is 2. The third-order valence-corrected chi connectivity index (χ3v) is 3.52. The monoisotopic (exact) mass is 298 g/mol. The van der Waals surface area contributed by atoms with Crippen LogP contribution in [0.15, 0.2) is 27.5 Å². The van der Waals surface area contributed by atoms with Gasteiger partial charge in [0.05, 0.1) is 0 Å². The van der Waals surface area contributed by atoms with Crippen molar-refractivity contribution < 1.29 is 0 Å². The van der Waals surface area contributed by atoms with Crippen LogP contribution in [0.3, 0.4) is 0 Å². The number of rotatable bonds is 3. The first-order valence-corrected chi connectivity index (χ1v) is 7.57. The minimum absolute atomic E-state index is 0.432. The van der Waals surface area contributed by atoms with Gasteiger partial charge in [-0.3, -0.25) is 0 Å². The summed E-state index contributed by atoms with van der Waals surface area (Å²) in [6, 6.07) is 3.65. The molecule has 0 saturated carbocycles. The molecule has 0 fully saturated rings. The third kappa shape index (κ3) is 3.57. The fourth-order valence-electron chi connectivity index (χ4n) is 1.35. The summed E-state index contributed by atoms with van der Waals surface area (Å²) in [6.45, 7) is 3.89. The Morgan fingerprint density at radius 1 is 0.944 bits per heavy atom. The minimum Gasteiger partial charge on any atom is -0.228 e. The molecule has 2 rings (SSSR count). The summed E-state index contributed by atoms with van der Waals surface area (Å²) >= 11 is 8.78. The van der Waals surface area contributed by atoms with Gasteiger partial charge < -0.3 is 0 Å². The van der Waals surface area contributed by atoms with Crippen LogP contribution in [-0.2, 0) is 0 Å². The maximum absolute atomic E-state index is 5.94. The Labute approximate surface area is 119 Å². The molecule has 0 atom stereocenters. The number of hydrogen-bond acceptors (Lipinski definition) is 6. The second-order valence-electron chi connectivity index (χ2n) is 3.55. The van der Waals surface area contributed by atoms with Crippen LogP contribution in [0, 0.1) is 13.8 Å². The summed E-state index contributed by atoms with van der Waals surface area (Å²) < 4.78 is 0. The van der Waals surface area contributed by atoms with E-state index in [4.69, 9.17) is 11.6 Å². The largest absolute Gasteiger partial charge is 0.228 e. The van der Waals surface area contributed by atoms with Gasteiger partial charge in [-0.05, 0) is 37.9 Å². The summed E-state index contributed by atoms with van der Waals surface area (Å²) in [5.74, 6) is 0. The summed E-state index contributed by atoms with van der Waals surface area (Å²) in [5, 5.41) is 2.51. The van der Waals surface area contributed by atoms with E-state index in [1.165, 1.54) is 23.5 Å². The van der Waals surface area contributed by atoms with Crippen molar-refractivity contribution in [2.24, 2.45) is 0 Å². The average Bonchev–Trinajstić information content (AvgIpc) is 2.26. The molecule has 0 saturated heterocycles. The van der Waals surface area contributed by atoms with Crippen molar-refractivity contribution in [1.82, 2.24) is 19.9 Å². The van der Waals surface area contributed by atoms with Crippen LogP contribution in [-0.4, -0.2) is 26.2 Å². The molecule has 0 unspecified atom stereocenters. The normalized spacial score (nSPS) is 10.7. The standard InChI is InChI=1S/C11H11ClN4S2/c1-6-4-7(2)14-11(13-6)18-9-5-8(12)15-10(16-9)17-3/h4-5H,1-3H3. The predicted octanol–water partition coefficient (Wildman–Crippen LogP) is 3.41. The van der Waals surface area contributed by atoms with E-state index in [9.17, 15) is 0 Å². The average molecular weight is 299 g/mol. The number of hydrogen-bond donors (Lipinski definition) is 0. The van der Waals surface area contributed by atoms with E-state index in [0.29, 0.717) is 15.5 Å². The molecule has 0 spiro atoms. The Kier molecular flexibility index (Phi) is 4.42. The summed E-state index contributed by atoms with van der Waals surface area (Å²) in [4.78, 5) is 17.2. The van der Waals surface area contributed by atoms with Gasteiger partial charge in [-0.2, -0.15) is 0 Å². The van der Waals surface area contributed by atoms with E-state index < -0.39 is 0 Å². The highest BCUT2D eigenvalue weighted by atomic mass is 35.5. The van der Waals surface area contributed by atoms with Crippen molar-refractivity contribution in [3.8, 4) is 0 Å². The fourth-order valence-corrected chi connectivity index (χ4v) is 2.96. The molecule has 0 radical (unpaired) electrons. The van der Waals surface area contributed by atoms with Crippen molar-refractivity contribution in [2.45, 2.75) is 29.2 Å². The smallest absolute Gasteiger partial charge is 0.194 e. The zero-order chi connectivity index (χ0) is 13.1. The summed E-state index contributed by atoms with van der Waals surface area (Å²) in [6.07, 6.45) is 1.91. The van der Waals surface area contributed by atoms with Crippen LogP contribution < -0.4 is 0 Å². The highest BCUT2D eigenvalue weighted by molar-refractivity contribution is 7.99. The van der Waals surface area contributed by atoms with Crippen LogP contribution in [0.2, 0.25) is 5.15 Å². The molecule has 0 aliphatic heterocycles. The molecule has 94 valence electrons. The lowest BCUT2D eigenvalue weighted by atomic mass is 10.4. The molecule has 0 aliphatic carbocycles. The van der Waals surface area contributed by atoms with E-state index in [1.54, 1.807) is 6.07 Å². The second kappa shape index (κ2) is 5.86. The Morgan fingerprint density at radius 3 is 2.22 bits per heavy atom.